The summed E-state index contributed by atoms with van der Waals surface area (Å²) in [6, 6.07) is 20.2. The molecule has 146 valence electrons. The van der Waals surface area contributed by atoms with Crippen molar-refractivity contribution in [3.8, 4) is 28.6 Å². The van der Waals surface area contributed by atoms with Gasteiger partial charge in [-0.05, 0) is 30.3 Å². The van der Waals surface area contributed by atoms with Crippen molar-refractivity contribution in [2.24, 2.45) is 0 Å². The van der Waals surface area contributed by atoms with Gasteiger partial charge in [-0.3, -0.25) is 4.57 Å². The number of benzene rings is 3. The van der Waals surface area contributed by atoms with Crippen LogP contribution >= 0.6 is 0 Å². The van der Waals surface area contributed by atoms with Crippen molar-refractivity contribution in [1.82, 2.24) is 9.55 Å². The maximum Gasteiger partial charge on any atom is 0.164 e. The zero-order chi connectivity index (χ0) is 20.0. The molecule has 5 rings (SSSR count). The van der Waals surface area contributed by atoms with Gasteiger partial charge in [-0.15, -0.1) is 0 Å². The molecule has 3 aromatic carbocycles. The monoisotopic (exact) mass is 387 g/mol. The van der Waals surface area contributed by atoms with Gasteiger partial charge in [0.05, 0.1) is 32.4 Å². The summed E-state index contributed by atoms with van der Waals surface area (Å²) in [4.78, 5) is 4.93. The molecule has 0 saturated heterocycles. The van der Waals surface area contributed by atoms with E-state index in [1.165, 1.54) is 0 Å². The first-order valence-corrected chi connectivity index (χ1v) is 9.38. The molecule has 29 heavy (non-hydrogen) atoms. The third-order valence-electron chi connectivity index (χ3n) is 5.34. The summed E-state index contributed by atoms with van der Waals surface area (Å²) in [5, 5.41) is 3.66. The van der Waals surface area contributed by atoms with Crippen LogP contribution in [-0.4, -0.2) is 30.9 Å². The number of imidazole rings is 1. The van der Waals surface area contributed by atoms with Crippen LogP contribution in [0, 0.1) is 0 Å². The standard InChI is InChI=1S/C23H21N3O3/c1-27-19-13-21(29-3)20(28-2)12-15(19)23-24-16-9-5-4-8-14(16)22-25-17-10-6-7-11-18(17)26(22)23/h4-13,23-24H,1-3H3/t23-/m1/s1. The molecule has 1 N–H and O–H groups in total. The van der Waals surface area contributed by atoms with E-state index in [-0.39, 0.29) is 6.17 Å². The van der Waals surface area contributed by atoms with Gasteiger partial charge in [0.1, 0.15) is 17.7 Å². The van der Waals surface area contributed by atoms with E-state index in [0.29, 0.717) is 17.2 Å². The maximum atomic E-state index is 5.72. The van der Waals surface area contributed by atoms with E-state index < -0.39 is 0 Å². The molecule has 1 aliphatic rings. The molecular weight excluding hydrogens is 366 g/mol. The van der Waals surface area contributed by atoms with E-state index in [9.17, 15) is 0 Å². The lowest BCUT2D eigenvalue weighted by molar-refractivity contribution is 0.346. The Labute approximate surface area is 168 Å². The largest absolute Gasteiger partial charge is 0.496 e. The average molecular weight is 387 g/mol. The molecule has 0 unspecified atom stereocenters. The summed E-state index contributed by atoms with van der Waals surface area (Å²) in [6.07, 6.45) is -0.220. The smallest absolute Gasteiger partial charge is 0.164 e. The molecule has 0 radical (unpaired) electrons. The fraction of sp³-hybridized carbons (Fsp3) is 0.174. The third kappa shape index (κ3) is 2.60. The highest BCUT2D eigenvalue weighted by Gasteiger charge is 2.30. The lowest BCUT2D eigenvalue weighted by atomic mass is 10.0. The van der Waals surface area contributed by atoms with E-state index in [0.717, 1.165) is 33.7 Å². The van der Waals surface area contributed by atoms with Crippen LogP contribution in [0.5, 0.6) is 17.2 Å². The van der Waals surface area contributed by atoms with Crippen molar-refractivity contribution in [2.45, 2.75) is 6.17 Å². The predicted molar refractivity (Wildman–Crippen MR) is 113 cm³/mol. The minimum absolute atomic E-state index is 0.220. The summed E-state index contributed by atoms with van der Waals surface area (Å²) in [6.45, 7) is 0. The average Bonchev–Trinajstić information content (AvgIpc) is 3.17. The Bertz CT molecular complexity index is 1220. The highest BCUT2D eigenvalue weighted by molar-refractivity contribution is 5.87. The van der Waals surface area contributed by atoms with Gasteiger partial charge >= 0.3 is 0 Å². The highest BCUT2D eigenvalue weighted by Crippen LogP contribution is 2.45. The quantitative estimate of drug-likeness (QED) is 0.550. The second kappa shape index (κ2) is 6.74. The van der Waals surface area contributed by atoms with Gasteiger partial charge in [-0.1, -0.05) is 24.3 Å². The molecule has 0 spiro atoms. The maximum absolute atomic E-state index is 5.72. The Morgan fingerprint density at radius 1 is 0.828 bits per heavy atom. The van der Waals surface area contributed by atoms with Crippen LogP contribution in [0.25, 0.3) is 22.4 Å². The van der Waals surface area contributed by atoms with Gasteiger partial charge in [0.2, 0.25) is 0 Å². The Hall–Kier alpha value is -3.67. The Kier molecular flexibility index (Phi) is 4.05. The summed E-state index contributed by atoms with van der Waals surface area (Å²) in [5.74, 6) is 2.90. The van der Waals surface area contributed by atoms with Gasteiger partial charge in [0, 0.05) is 22.9 Å². The number of aromatic nitrogens is 2. The minimum atomic E-state index is -0.220. The van der Waals surface area contributed by atoms with Crippen molar-refractivity contribution >= 4 is 16.7 Å². The van der Waals surface area contributed by atoms with Crippen molar-refractivity contribution in [1.29, 1.82) is 0 Å². The van der Waals surface area contributed by atoms with E-state index in [1.54, 1.807) is 21.3 Å². The Morgan fingerprint density at radius 3 is 2.31 bits per heavy atom. The first-order valence-electron chi connectivity index (χ1n) is 9.38. The molecule has 0 amide bonds. The lowest BCUT2D eigenvalue weighted by Gasteiger charge is -2.31. The van der Waals surface area contributed by atoms with Crippen LogP contribution in [0.4, 0.5) is 5.69 Å². The normalized spacial score (nSPS) is 14.7. The molecule has 0 aliphatic carbocycles. The van der Waals surface area contributed by atoms with E-state index in [2.05, 4.69) is 28.1 Å². The van der Waals surface area contributed by atoms with E-state index >= 15 is 0 Å². The zero-order valence-electron chi connectivity index (χ0n) is 16.5. The zero-order valence-corrected chi connectivity index (χ0v) is 16.5. The van der Waals surface area contributed by atoms with Crippen molar-refractivity contribution in [3.05, 3.63) is 66.2 Å². The third-order valence-corrected chi connectivity index (χ3v) is 5.34. The number of fused-ring (bicyclic) bond motifs is 5. The number of para-hydroxylation sites is 3. The van der Waals surface area contributed by atoms with Gasteiger partial charge in [-0.2, -0.15) is 0 Å². The van der Waals surface area contributed by atoms with Crippen molar-refractivity contribution in [3.63, 3.8) is 0 Å². The fourth-order valence-electron chi connectivity index (χ4n) is 4.00. The molecule has 1 aromatic heterocycles. The molecule has 6 nitrogen and oxygen atoms in total. The molecule has 1 aliphatic heterocycles. The van der Waals surface area contributed by atoms with Crippen molar-refractivity contribution in [2.75, 3.05) is 26.6 Å². The molecule has 4 aromatic rings. The Morgan fingerprint density at radius 2 is 1.52 bits per heavy atom. The summed E-state index contributed by atoms with van der Waals surface area (Å²) >= 11 is 0. The van der Waals surface area contributed by atoms with Crippen LogP contribution < -0.4 is 19.5 Å². The number of ether oxygens (including phenoxy) is 3. The second-order valence-electron chi connectivity index (χ2n) is 6.84. The van der Waals surface area contributed by atoms with Gasteiger partial charge in [0.25, 0.3) is 0 Å². The number of rotatable bonds is 4. The van der Waals surface area contributed by atoms with E-state index in [1.807, 2.05) is 42.5 Å². The first-order chi connectivity index (χ1) is 14.2. The molecule has 2 heterocycles. The highest BCUT2D eigenvalue weighted by atomic mass is 16.5. The first kappa shape index (κ1) is 17.4. The van der Waals surface area contributed by atoms with Crippen molar-refractivity contribution < 1.29 is 14.2 Å². The van der Waals surface area contributed by atoms with Crippen LogP contribution in [-0.2, 0) is 0 Å². The van der Waals surface area contributed by atoms with E-state index in [4.69, 9.17) is 19.2 Å². The number of hydrogen-bond donors (Lipinski definition) is 1. The fourth-order valence-corrected chi connectivity index (χ4v) is 4.00. The number of hydrogen-bond acceptors (Lipinski definition) is 5. The summed E-state index contributed by atoms with van der Waals surface area (Å²) < 4.78 is 19.0. The summed E-state index contributed by atoms with van der Waals surface area (Å²) in [5.41, 5.74) is 5.03. The van der Waals surface area contributed by atoms with Gasteiger partial charge in [-0.25, -0.2) is 4.98 Å². The SMILES string of the molecule is COc1cc(OC)c([C@@H]2Nc3ccccc3-c3nc4ccccc4n32)cc1OC. The topological polar surface area (TPSA) is 57.5 Å². The second-order valence-corrected chi connectivity index (χ2v) is 6.84. The molecule has 0 fully saturated rings. The number of nitrogens with one attached hydrogen (secondary N) is 1. The van der Waals surface area contributed by atoms with Gasteiger partial charge < -0.3 is 19.5 Å². The molecular formula is C23H21N3O3. The van der Waals surface area contributed by atoms with Crippen LogP contribution in [0.2, 0.25) is 0 Å². The Balaban J connectivity index is 1.80. The lowest BCUT2D eigenvalue weighted by Crippen LogP contribution is -2.25. The molecule has 0 saturated carbocycles. The number of nitrogens with zero attached hydrogens (tertiary/aromatic N) is 2. The van der Waals surface area contributed by atoms with Crippen LogP contribution in [0.15, 0.2) is 60.7 Å². The number of anilines is 1. The molecule has 1 atom stereocenters. The van der Waals surface area contributed by atoms with Crippen LogP contribution in [0.1, 0.15) is 11.7 Å². The number of methoxy groups -OCH3 is 3. The molecule has 6 heteroatoms. The minimum Gasteiger partial charge on any atom is -0.496 e. The van der Waals surface area contributed by atoms with Crippen LogP contribution in [0.3, 0.4) is 0 Å². The predicted octanol–water partition coefficient (Wildman–Crippen LogP) is 4.70. The summed E-state index contributed by atoms with van der Waals surface area (Å²) in [7, 11) is 4.91. The molecule has 0 bridgehead atoms. The van der Waals surface area contributed by atoms with Gasteiger partial charge in [0.15, 0.2) is 11.5 Å².